The van der Waals surface area contributed by atoms with E-state index in [0.717, 1.165) is 34.5 Å². The summed E-state index contributed by atoms with van der Waals surface area (Å²) in [5, 5.41) is 10.7. The highest BCUT2D eigenvalue weighted by Crippen LogP contribution is 2.44. The third-order valence-corrected chi connectivity index (χ3v) is 5.80. The number of nitrogens with one attached hydrogen (secondary N) is 2. The van der Waals surface area contributed by atoms with Gasteiger partial charge >= 0.3 is 0 Å². The second-order valence-corrected chi connectivity index (χ2v) is 8.15. The molecule has 1 aliphatic rings. The van der Waals surface area contributed by atoms with Crippen LogP contribution in [-0.2, 0) is 18.3 Å². The second kappa shape index (κ2) is 9.02. The van der Waals surface area contributed by atoms with Crippen LogP contribution in [0.15, 0.2) is 36.7 Å². The molecule has 1 aromatic carbocycles. The van der Waals surface area contributed by atoms with E-state index >= 15 is 0 Å². The topological polar surface area (TPSA) is 71.8 Å². The summed E-state index contributed by atoms with van der Waals surface area (Å²) in [7, 11) is 3.56. The van der Waals surface area contributed by atoms with Gasteiger partial charge in [0.05, 0.1) is 11.9 Å². The van der Waals surface area contributed by atoms with Gasteiger partial charge in [-0.2, -0.15) is 5.10 Å². The molecule has 154 valence electrons. The molecule has 2 heterocycles. The number of rotatable bonds is 7. The van der Waals surface area contributed by atoms with E-state index in [1.54, 1.807) is 30.1 Å². The molecule has 0 bridgehead atoms. The minimum absolute atomic E-state index is 0. The van der Waals surface area contributed by atoms with Crippen molar-refractivity contribution >= 4 is 34.8 Å². The lowest BCUT2D eigenvalue weighted by Gasteiger charge is -2.12. The van der Waals surface area contributed by atoms with Gasteiger partial charge in [-0.1, -0.05) is 12.1 Å². The Morgan fingerprint density at radius 3 is 2.66 bits per heavy atom. The predicted octanol–water partition coefficient (Wildman–Crippen LogP) is 3.80. The van der Waals surface area contributed by atoms with Gasteiger partial charge in [-0.05, 0) is 37.6 Å². The molecule has 29 heavy (non-hydrogen) atoms. The molecule has 9 heteroatoms. The number of aromatic nitrogens is 3. The summed E-state index contributed by atoms with van der Waals surface area (Å²) in [5.74, 6) is 0.0626. The van der Waals surface area contributed by atoms with Crippen LogP contribution in [0.5, 0.6) is 0 Å². The SMILES string of the molecule is CNC(C(=O)Nc1nc(C2CC2)c(Cc2ccc(F)cc2)s1)c1cnn(C)c1.Cl. The Morgan fingerprint density at radius 1 is 1.34 bits per heavy atom. The maximum atomic E-state index is 13.2. The van der Waals surface area contributed by atoms with Gasteiger partial charge in [-0.15, -0.1) is 23.7 Å². The predicted molar refractivity (Wildman–Crippen MR) is 114 cm³/mol. The number of amides is 1. The van der Waals surface area contributed by atoms with Gasteiger partial charge in [-0.3, -0.25) is 9.48 Å². The number of thiazole rings is 1. The molecular formula is C20H23ClFN5OS. The van der Waals surface area contributed by atoms with Gasteiger partial charge in [-0.25, -0.2) is 9.37 Å². The Bertz CT molecular complexity index is 983. The van der Waals surface area contributed by atoms with E-state index in [4.69, 9.17) is 4.98 Å². The molecule has 3 aromatic rings. The van der Waals surface area contributed by atoms with Crippen LogP contribution >= 0.6 is 23.7 Å². The van der Waals surface area contributed by atoms with Crippen LogP contribution in [-0.4, -0.2) is 27.7 Å². The Labute approximate surface area is 179 Å². The molecular weight excluding hydrogens is 413 g/mol. The lowest BCUT2D eigenvalue weighted by atomic mass is 10.1. The zero-order chi connectivity index (χ0) is 19.7. The highest BCUT2D eigenvalue weighted by molar-refractivity contribution is 7.15. The quantitative estimate of drug-likeness (QED) is 0.592. The first-order valence-electron chi connectivity index (χ1n) is 9.24. The van der Waals surface area contributed by atoms with Crippen molar-refractivity contribution < 1.29 is 9.18 Å². The molecule has 0 saturated heterocycles. The third kappa shape index (κ3) is 5.01. The van der Waals surface area contributed by atoms with Gasteiger partial charge in [0.2, 0.25) is 5.91 Å². The lowest BCUT2D eigenvalue weighted by Crippen LogP contribution is -2.30. The number of halogens is 2. The lowest BCUT2D eigenvalue weighted by molar-refractivity contribution is -0.118. The van der Waals surface area contributed by atoms with Crippen LogP contribution in [0.2, 0.25) is 0 Å². The standard InChI is InChI=1S/C20H22FN5OS.ClH/c1-22-18(14-10-23-26(2)11-14)19(27)25-20-24-17(13-5-6-13)16(28-20)9-12-3-7-15(21)8-4-12;/h3-4,7-8,10-11,13,18,22H,5-6,9H2,1-2H3,(H,24,25,27);1H. The zero-order valence-corrected chi connectivity index (χ0v) is 17.8. The first-order chi connectivity index (χ1) is 13.5. The van der Waals surface area contributed by atoms with Crippen LogP contribution in [0.25, 0.3) is 0 Å². The number of anilines is 1. The summed E-state index contributed by atoms with van der Waals surface area (Å²) < 4.78 is 14.8. The smallest absolute Gasteiger partial charge is 0.247 e. The van der Waals surface area contributed by atoms with Crippen molar-refractivity contribution in [3.8, 4) is 0 Å². The summed E-state index contributed by atoms with van der Waals surface area (Å²) in [6.07, 6.45) is 6.44. The minimum Gasteiger partial charge on any atom is -0.305 e. The van der Waals surface area contributed by atoms with Gasteiger partial charge < -0.3 is 10.6 Å². The van der Waals surface area contributed by atoms with Crippen molar-refractivity contribution in [1.29, 1.82) is 0 Å². The Hall–Kier alpha value is -2.29. The third-order valence-electron chi connectivity index (χ3n) is 4.81. The van der Waals surface area contributed by atoms with Crippen LogP contribution < -0.4 is 10.6 Å². The molecule has 1 amide bonds. The fourth-order valence-electron chi connectivity index (χ4n) is 3.22. The number of aryl methyl sites for hydroxylation is 1. The molecule has 0 aliphatic heterocycles. The Morgan fingerprint density at radius 2 is 2.07 bits per heavy atom. The summed E-state index contributed by atoms with van der Waals surface area (Å²) in [5.41, 5.74) is 2.90. The number of nitrogens with zero attached hydrogens (tertiary/aromatic N) is 3. The van der Waals surface area contributed by atoms with E-state index in [-0.39, 0.29) is 24.1 Å². The Kier molecular flexibility index (Phi) is 6.66. The molecule has 1 fully saturated rings. The van der Waals surface area contributed by atoms with Gasteiger partial charge in [0.15, 0.2) is 5.13 Å². The van der Waals surface area contributed by atoms with E-state index < -0.39 is 6.04 Å². The number of benzene rings is 1. The molecule has 0 radical (unpaired) electrons. The molecule has 2 aromatic heterocycles. The number of hydrogen-bond donors (Lipinski definition) is 2. The molecule has 1 saturated carbocycles. The maximum absolute atomic E-state index is 13.2. The van der Waals surface area contributed by atoms with Crippen molar-refractivity contribution in [3.63, 3.8) is 0 Å². The van der Waals surface area contributed by atoms with Crippen molar-refractivity contribution in [3.05, 3.63) is 64.2 Å². The van der Waals surface area contributed by atoms with Crippen molar-refractivity contribution in [2.24, 2.45) is 7.05 Å². The number of carbonyl (C=O) groups excluding carboxylic acids is 1. The van der Waals surface area contributed by atoms with Crippen molar-refractivity contribution in [2.75, 3.05) is 12.4 Å². The highest BCUT2D eigenvalue weighted by atomic mass is 35.5. The summed E-state index contributed by atoms with van der Waals surface area (Å²) >= 11 is 1.50. The fraction of sp³-hybridized carbons (Fsp3) is 0.350. The maximum Gasteiger partial charge on any atom is 0.247 e. The van der Waals surface area contributed by atoms with Crippen molar-refractivity contribution in [2.45, 2.75) is 31.2 Å². The molecule has 2 N–H and O–H groups in total. The minimum atomic E-state index is -0.498. The fourth-order valence-corrected chi connectivity index (χ4v) is 4.31. The molecule has 4 rings (SSSR count). The number of likely N-dealkylation sites (N-methyl/N-ethyl adjacent to an activating group) is 1. The van der Waals surface area contributed by atoms with Crippen LogP contribution in [0.4, 0.5) is 9.52 Å². The highest BCUT2D eigenvalue weighted by Gasteiger charge is 2.30. The van der Waals surface area contributed by atoms with Crippen LogP contribution in [0, 0.1) is 5.82 Å². The normalized spacial score (nSPS) is 14.3. The largest absolute Gasteiger partial charge is 0.305 e. The zero-order valence-electron chi connectivity index (χ0n) is 16.2. The average Bonchev–Trinajstić information content (AvgIpc) is 3.32. The second-order valence-electron chi connectivity index (χ2n) is 7.06. The van der Waals surface area contributed by atoms with Gasteiger partial charge in [0.1, 0.15) is 11.9 Å². The van der Waals surface area contributed by atoms with Gasteiger partial charge in [0, 0.05) is 36.0 Å². The van der Waals surface area contributed by atoms with E-state index in [9.17, 15) is 9.18 Å². The van der Waals surface area contributed by atoms with E-state index in [2.05, 4.69) is 15.7 Å². The summed E-state index contributed by atoms with van der Waals surface area (Å²) in [6, 6.07) is 6.04. The first-order valence-corrected chi connectivity index (χ1v) is 10.1. The van der Waals surface area contributed by atoms with Crippen LogP contribution in [0.1, 0.15) is 46.5 Å². The van der Waals surface area contributed by atoms with E-state index in [1.807, 2.05) is 13.2 Å². The first kappa shape index (κ1) is 21.4. The number of carbonyl (C=O) groups is 1. The van der Waals surface area contributed by atoms with E-state index in [1.165, 1.54) is 23.5 Å². The molecule has 1 atom stereocenters. The van der Waals surface area contributed by atoms with Crippen molar-refractivity contribution in [1.82, 2.24) is 20.1 Å². The number of hydrogen-bond acceptors (Lipinski definition) is 5. The monoisotopic (exact) mass is 435 g/mol. The van der Waals surface area contributed by atoms with E-state index in [0.29, 0.717) is 17.5 Å². The molecule has 0 spiro atoms. The summed E-state index contributed by atoms with van der Waals surface area (Å²) in [4.78, 5) is 18.6. The summed E-state index contributed by atoms with van der Waals surface area (Å²) in [6.45, 7) is 0. The van der Waals surface area contributed by atoms with Gasteiger partial charge in [0.25, 0.3) is 0 Å². The average molecular weight is 436 g/mol. The molecule has 1 aliphatic carbocycles. The molecule has 6 nitrogen and oxygen atoms in total. The Balaban J connectivity index is 0.00000240. The van der Waals surface area contributed by atoms with Crippen LogP contribution in [0.3, 0.4) is 0 Å². The molecule has 1 unspecified atom stereocenters.